The van der Waals surface area contributed by atoms with Gasteiger partial charge in [-0.15, -0.1) is 0 Å². The topological polar surface area (TPSA) is 55.1 Å². The Morgan fingerprint density at radius 3 is 2.88 bits per heavy atom. The van der Waals surface area contributed by atoms with Crippen molar-refractivity contribution in [1.29, 1.82) is 0 Å². The molecule has 88 valence electrons. The standard InChI is InChI=1S/C12H17FN2O/c1-2-10(7-14)12(16)15-8-9-4-3-5-11(13)6-9/h3-6,10H,2,7-8,14H2,1H3,(H,15,16). The van der Waals surface area contributed by atoms with E-state index in [9.17, 15) is 9.18 Å². The van der Waals surface area contributed by atoms with E-state index in [-0.39, 0.29) is 17.6 Å². The summed E-state index contributed by atoms with van der Waals surface area (Å²) in [5, 5.41) is 2.74. The molecule has 0 bridgehead atoms. The summed E-state index contributed by atoms with van der Waals surface area (Å²) >= 11 is 0. The minimum absolute atomic E-state index is 0.0748. The fourth-order valence-corrected chi connectivity index (χ4v) is 1.44. The number of hydrogen-bond donors (Lipinski definition) is 2. The van der Waals surface area contributed by atoms with E-state index in [0.29, 0.717) is 19.5 Å². The average molecular weight is 224 g/mol. The molecule has 0 spiro atoms. The maximum absolute atomic E-state index is 12.8. The number of rotatable bonds is 5. The average Bonchev–Trinajstić information content (AvgIpc) is 2.28. The highest BCUT2D eigenvalue weighted by Crippen LogP contribution is 2.04. The monoisotopic (exact) mass is 224 g/mol. The third-order valence-electron chi connectivity index (χ3n) is 2.50. The Balaban J connectivity index is 2.48. The fraction of sp³-hybridized carbons (Fsp3) is 0.417. The summed E-state index contributed by atoms with van der Waals surface area (Å²) in [6.07, 6.45) is 0.714. The molecule has 0 aliphatic rings. The summed E-state index contributed by atoms with van der Waals surface area (Å²) in [7, 11) is 0. The lowest BCUT2D eigenvalue weighted by Crippen LogP contribution is -2.34. The molecule has 0 saturated carbocycles. The van der Waals surface area contributed by atoms with E-state index in [2.05, 4.69) is 5.32 Å². The van der Waals surface area contributed by atoms with Crippen molar-refractivity contribution >= 4 is 5.91 Å². The second kappa shape index (κ2) is 6.23. The molecule has 1 aromatic rings. The molecule has 0 heterocycles. The highest BCUT2D eigenvalue weighted by Gasteiger charge is 2.13. The van der Waals surface area contributed by atoms with Gasteiger partial charge in [-0.25, -0.2) is 4.39 Å². The van der Waals surface area contributed by atoms with Crippen molar-refractivity contribution in [2.24, 2.45) is 11.7 Å². The summed E-state index contributed by atoms with van der Waals surface area (Å²) < 4.78 is 12.8. The van der Waals surface area contributed by atoms with Crippen molar-refractivity contribution < 1.29 is 9.18 Å². The van der Waals surface area contributed by atoms with Crippen LogP contribution in [0.3, 0.4) is 0 Å². The van der Waals surface area contributed by atoms with Crippen LogP contribution in [-0.2, 0) is 11.3 Å². The fourth-order valence-electron chi connectivity index (χ4n) is 1.44. The summed E-state index contributed by atoms with van der Waals surface area (Å²) in [6, 6.07) is 6.17. The molecule has 16 heavy (non-hydrogen) atoms. The van der Waals surface area contributed by atoms with E-state index in [1.54, 1.807) is 12.1 Å². The van der Waals surface area contributed by atoms with Crippen molar-refractivity contribution in [3.8, 4) is 0 Å². The molecule has 0 fully saturated rings. The number of carbonyl (C=O) groups is 1. The van der Waals surface area contributed by atoms with E-state index in [4.69, 9.17) is 5.73 Å². The van der Waals surface area contributed by atoms with Gasteiger partial charge >= 0.3 is 0 Å². The second-order valence-electron chi connectivity index (χ2n) is 3.69. The first kappa shape index (κ1) is 12.6. The van der Waals surface area contributed by atoms with Crippen molar-refractivity contribution in [3.63, 3.8) is 0 Å². The number of carbonyl (C=O) groups excluding carboxylic acids is 1. The maximum Gasteiger partial charge on any atom is 0.224 e. The van der Waals surface area contributed by atoms with E-state index in [1.807, 2.05) is 6.92 Å². The lowest BCUT2D eigenvalue weighted by atomic mass is 10.1. The molecule has 0 aromatic heterocycles. The Labute approximate surface area is 94.8 Å². The van der Waals surface area contributed by atoms with E-state index < -0.39 is 0 Å². The molecule has 0 radical (unpaired) electrons. The SMILES string of the molecule is CCC(CN)C(=O)NCc1cccc(F)c1. The Kier molecular flexibility index (Phi) is 4.92. The highest BCUT2D eigenvalue weighted by molar-refractivity contribution is 5.78. The first-order valence-electron chi connectivity index (χ1n) is 5.39. The Bertz CT molecular complexity index is 351. The van der Waals surface area contributed by atoms with Crippen molar-refractivity contribution in [3.05, 3.63) is 35.6 Å². The summed E-state index contributed by atoms with van der Waals surface area (Å²) in [4.78, 5) is 11.6. The molecule has 1 amide bonds. The van der Waals surface area contributed by atoms with Gasteiger partial charge in [-0.05, 0) is 24.1 Å². The Morgan fingerprint density at radius 1 is 1.56 bits per heavy atom. The van der Waals surface area contributed by atoms with Crippen LogP contribution in [0, 0.1) is 11.7 Å². The van der Waals surface area contributed by atoms with Crippen LogP contribution >= 0.6 is 0 Å². The Hall–Kier alpha value is -1.42. The summed E-state index contributed by atoms with van der Waals surface area (Å²) in [5.74, 6) is -0.527. The predicted molar refractivity (Wildman–Crippen MR) is 61.1 cm³/mol. The molecule has 1 aromatic carbocycles. The zero-order valence-electron chi connectivity index (χ0n) is 9.37. The van der Waals surface area contributed by atoms with Gasteiger partial charge in [0.2, 0.25) is 5.91 Å². The summed E-state index contributed by atoms with van der Waals surface area (Å²) in [5.41, 5.74) is 6.21. The van der Waals surface area contributed by atoms with Gasteiger partial charge in [-0.3, -0.25) is 4.79 Å². The van der Waals surface area contributed by atoms with E-state index >= 15 is 0 Å². The lowest BCUT2D eigenvalue weighted by molar-refractivity contribution is -0.124. The molecule has 0 aliphatic carbocycles. The van der Waals surface area contributed by atoms with E-state index in [0.717, 1.165) is 5.56 Å². The second-order valence-corrected chi connectivity index (χ2v) is 3.69. The van der Waals surface area contributed by atoms with Crippen molar-refractivity contribution in [2.75, 3.05) is 6.54 Å². The number of halogens is 1. The number of amides is 1. The lowest BCUT2D eigenvalue weighted by Gasteiger charge is -2.12. The first-order chi connectivity index (χ1) is 7.67. The van der Waals surface area contributed by atoms with Gasteiger partial charge in [0.15, 0.2) is 0 Å². The van der Waals surface area contributed by atoms with Gasteiger partial charge in [-0.2, -0.15) is 0 Å². The van der Waals surface area contributed by atoms with Crippen LogP contribution < -0.4 is 11.1 Å². The largest absolute Gasteiger partial charge is 0.352 e. The number of nitrogens with one attached hydrogen (secondary N) is 1. The van der Waals surface area contributed by atoms with Gasteiger partial charge < -0.3 is 11.1 Å². The van der Waals surface area contributed by atoms with Gasteiger partial charge in [0.05, 0.1) is 0 Å². The smallest absolute Gasteiger partial charge is 0.224 e. The number of nitrogens with two attached hydrogens (primary N) is 1. The van der Waals surface area contributed by atoms with Crippen LogP contribution in [0.15, 0.2) is 24.3 Å². The molecule has 4 heteroatoms. The normalized spacial score (nSPS) is 12.2. The number of hydrogen-bond acceptors (Lipinski definition) is 2. The van der Waals surface area contributed by atoms with Crippen LogP contribution in [-0.4, -0.2) is 12.5 Å². The quantitative estimate of drug-likeness (QED) is 0.795. The van der Waals surface area contributed by atoms with Crippen molar-refractivity contribution in [2.45, 2.75) is 19.9 Å². The molecule has 0 saturated heterocycles. The highest BCUT2D eigenvalue weighted by atomic mass is 19.1. The van der Waals surface area contributed by atoms with Crippen LogP contribution in [0.2, 0.25) is 0 Å². The molecule has 0 aliphatic heterocycles. The third-order valence-corrected chi connectivity index (χ3v) is 2.50. The van der Waals surface area contributed by atoms with Gasteiger partial charge in [0.1, 0.15) is 5.82 Å². The molecule has 3 N–H and O–H groups in total. The molecule has 1 unspecified atom stereocenters. The predicted octanol–water partition coefficient (Wildman–Crippen LogP) is 1.43. The molecule has 1 atom stereocenters. The molecule has 3 nitrogen and oxygen atoms in total. The van der Waals surface area contributed by atoms with Crippen molar-refractivity contribution in [1.82, 2.24) is 5.32 Å². The number of benzene rings is 1. The zero-order valence-corrected chi connectivity index (χ0v) is 9.37. The van der Waals surface area contributed by atoms with Gasteiger partial charge in [0, 0.05) is 19.0 Å². The van der Waals surface area contributed by atoms with E-state index in [1.165, 1.54) is 12.1 Å². The van der Waals surface area contributed by atoms with Crippen LogP contribution in [0.1, 0.15) is 18.9 Å². The van der Waals surface area contributed by atoms with Crippen LogP contribution in [0.4, 0.5) is 4.39 Å². The minimum Gasteiger partial charge on any atom is -0.352 e. The molecular weight excluding hydrogens is 207 g/mol. The molecule has 1 rings (SSSR count). The summed E-state index contributed by atoms with van der Waals surface area (Å²) in [6.45, 7) is 2.60. The minimum atomic E-state index is -0.294. The first-order valence-corrected chi connectivity index (χ1v) is 5.39. The Morgan fingerprint density at radius 2 is 2.31 bits per heavy atom. The zero-order chi connectivity index (χ0) is 12.0. The van der Waals surface area contributed by atoms with Gasteiger partial charge in [0.25, 0.3) is 0 Å². The molecular formula is C12H17FN2O. The van der Waals surface area contributed by atoms with Gasteiger partial charge in [-0.1, -0.05) is 19.1 Å². The third kappa shape index (κ3) is 3.62. The van der Waals surface area contributed by atoms with Crippen LogP contribution in [0.5, 0.6) is 0 Å². The van der Waals surface area contributed by atoms with Crippen LogP contribution in [0.25, 0.3) is 0 Å². The maximum atomic E-state index is 12.8.